The molecule has 1 aromatic carbocycles. The molecule has 0 aliphatic rings. The van der Waals surface area contributed by atoms with Crippen molar-refractivity contribution in [1.29, 1.82) is 0 Å². The molecule has 4 heteroatoms. The molecule has 17 heavy (non-hydrogen) atoms. The van der Waals surface area contributed by atoms with Crippen molar-refractivity contribution < 1.29 is 18.7 Å². The van der Waals surface area contributed by atoms with Crippen LogP contribution in [0.4, 0.5) is 0 Å². The lowest BCUT2D eigenvalue weighted by Gasteiger charge is -2.08. The molecule has 0 unspecified atom stereocenters. The summed E-state index contributed by atoms with van der Waals surface area (Å²) in [5.41, 5.74) is 0.975. The predicted molar refractivity (Wildman–Crippen MR) is 61.7 cm³/mol. The summed E-state index contributed by atoms with van der Waals surface area (Å²) in [6.45, 7) is 0. The van der Waals surface area contributed by atoms with Gasteiger partial charge in [0.05, 0.1) is 31.6 Å². The minimum atomic E-state index is -0.141. The topological polar surface area (TPSA) is 48.7 Å². The number of ether oxygens (including phenoxy) is 2. The molecular weight excluding hydrogens is 220 g/mol. The first kappa shape index (κ1) is 11.3. The van der Waals surface area contributed by atoms with Gasteiger partial charge in [0.1, 0.15) is 17.8 Å². The highest BCUT2D eigenvalue weighted by Gasteiger charge is 2.15. The number of benzene rings is 1. The summed E-state index contributed by atoms with van der Waals surface area (Å²) in [6.07, 6.45) is 2.87. The molecule has 0 aliphatic carbocycles. The molecule has 0 saturated heterocycles. The van der Waals surface area contributed by atoms with Crippen LogP contribution in [-0.4, -0.2) is 20.0 Å². The van der Waals surface area contributed by atoms with E-state index in [2.05, 4.69) is 0 Å². The van der Waals surface area contributed by atoms with Crippen molar-refractivity contribution in [2.24, 2.45) is 0 Å². The van der Waals surface area contributed by atoms with Crippen molar-refractivity contribution in [3.8, 4) is 11.5 Å². The van der Waals surface area contributed by atoms with E-state index in [0.29, 0.717) is 22.6 Å². The third-order valence-corrected chi connectivity index (χ3v) is 2.44. The Morgan fingerprint density at radius 3 is 2.59 bits per heavy atom. The first-order valence-electron chi connectivity index (χ1n) is 5.05. The van der Waals surface area contributed by atoms with Crippen molar-refractivity contribution in [3.63, 3.8) is 0 Å². The summed E-state index contributed by atoms with van der Waals surface area (Å²) in [7, 11) is 3.08. The lowest BCUT2D eigenvalue weighted by Crippen LogP contribution is -2.03. The molecule has 0 atom stereocenters. The molecule has 0 spiro atoms. The highest BCUT2D eigenvalue weighted by Crippen LogP contribution is 2.26. The maximum atomic E-state index is 12.1. The van der Waals surface area contributed by atoms with Gasteiger partial charge in [0.2, 0.25) is 0 Å². The Hall–Kier alpha value is -2.23. The second-order valence-corrected chi connectivity index (χ2v) is 3.41. The van der Waals surface area contributed by atoms with Gasteiger partial charge in [0.25, 0.3) is 0 Å². The smallest absolute Gasteiger partial charge is 0.199 e. The molecule has 1 heterocycles. The zero-order chi connectivity index (χ0) is 12.3. The summed E-state index contributed by atoms with van der Waals surface area (Å²) in [5.74, 6) is 0.986. The van der Waals surface area contributed by atoms with E-state index in [0.717, 1.165) is 0 Å². The van der Waals surface area contributed by atoms with Crippen LogP contribution in [0.2, 0.25) is 0 Å². The molecule has 0 fully saturated rings. The molecule has 0 N–H and O–H groups in total. The van der Waals surface area contributed by atoms with Crippen molar-refractivity contribution >= 4 is 5.78 Å². The molecule has 0 aliphatic heterocycles. The monoisotopic (exact) mass is 232 g/mol. The lowest BCUT2D eigenvalue weighted by atomic mass is 10.0. The van der Waals surface area contributed by atoms with Crippen LogP contribution in [0.5, 0.6) is 11.5 Å². The van der Waals surface area contributed by atoms with Crippen LogP contribution in [-0.2, 0) is 0 Å². The van der Waals surface area contributed by atoms with Crippen molar-refractivity contribution in [2.45, 2.75) is 0 Å². The minimum Gasteiger partial charge on any atom is -0.497 e. The van der Waals surface area contributed by atoms with Gasteiger partial charge in [-0.25, -0.2) is 0 Å². The van der Waals surface area contributed by atoms with Crippen molar-refractivity contribution in [2.75, 3.05) is 14.2 Å². The van der Waals surface area contributed by atoms with E-state index in [9.17, 15) is 4.79 Å². The molecule has 0 amide bonds. The molecule has 2 aromatic rings. The largest absolute Gasteiger partial charge is 0.497 e. The van der Waals surface area contributed by atoms with Crippen LogP contribution in [0.15, 0.2) is 41.2 Å². The maximum absolute atomic E-state index is 12.1. The van der Waals surface area contributed by atoms with Crippen LogP contribution < -0.4 is 9.47 Å². The highest BCUT2D eigenvalue weighted by molar-refractivity contribution is 6.10. The number of ketones is 1. The second kappa shape index (κ2) is 4.74. The van der Waals surface area contributed by atoms with E-state index in [1.54, 1.807) is 31.4 Å². The number of hydrogen-bond acceptors (Lipinski definition) is 4. The van der Waals surface area contributed by atoms with Gasteiger partial charge in [-0.15, -0.1) is 0 Å². The average molecular weight is 232 g/mol. The molecule has 2 rings (SSSR count). The van der Waals surface area contributed by atoms with Gasteiger partial charge in [0.15, 0.2) is 5.78 Å². The van der Waals surface area contributed by atoms with E-state index in [-0.39, 0.29) is 5.78 Å². The van der Waals surface area contributed by atoms with Gasteiger partial charge in [-0.05, 0) is 18.2 Å². The molecular formula is C13H12O4. The van der Waals surface area contributed by atoms with E-state index in [1.807, 2.05) is 0 Å². The van der Waals surface area contributed by atoms with Crippen molar-refractivity contribution in [3.05, 3.63) is 47.9 Å². The molecule has 0 bridgehead atoms. The second-order valence-electron chi connectivity index (χ2n) is 3.41. The number of methoxy groups -OCH3 is 2. The Bertz CT molecular complexity index is 514. The van der Waals surface area contributed by atoms with Gasteiger partial charge < -0.3 is 13.9 Å². The third kappa shape index (κ3) is 2.15. The SMILES string of the molecule is COc1ccc(C(=O)c2ccoc2)c(OC)c1. The Morgan fingerprint density at radius 1 is 1.18 bits per heavy atom. The number of carbonyl (C=O) groups excluding carboxylic acids is 1. The summed E-state index contributed by atoms with van der Waals surface area (Å²) in [4.78, 5) is 12.1. The lowest BCUT2D eigenvalue weighted by molar-refractivity contribution is 0.103. The predicted octanol–water partition coefficient (Wildman–Crippen LogP) is 2.53. The van der Waals surface area contributed by atoms with Crippen LogP contribution in [0.3, 0.4) is 0 Å². The Labute approximate surface area is 98.8 Å². The fourth-order valence-electron chi connectivity index (χ4n) is 1.54. The van der Waals surface area contributed by atoms with E-state index < -0.39 is 0 Å². The zero-order valence-electron chi connectivity index (χ0n) is 9.60. The molecule has 1 aromatic heterocycles. The highest BCUT2D eigenvalue weighted by atomic mass is 16.5. The molecule has 0 radical (unpaired) electrons. The fraction of sp³-hybridized carbons (Fsp3) is 0.154. The zero-order valence-corrected chi connectivity index (χ0v) is 9.60. The molecule has 88 valence electrons. The summed E-state index contributed by atoms with van der Waals surface area (Å²) in [5, 5.41) is 0. The van der Waals surface area contributed by atoms with Crippen LogP contribution in [0.1, 0.15) is 15.9 Å². The Kier molecular flexibility index (Phi) is 3.14. The van der Waals surface area contributed by atoms with Gasteiger partial charge in [-0.1, -0.05) is 0 Å². The van der Waals surface area contributed by atoms with Crippen molar-refractivity contribution in [1.82, 2.24) is 0 Å². The first-order valence-corrected chi connectivity index (χ1v) is 5.05. The number of furan rings is 1. The van der Waals surface area contributed by atoms with E-state index in [4.69, 9.17) is 13.9 Å². The molecule has 4 nitrogen and oxygen atoms in total. The standard InChI is InChI=1S/C13H12O4/c1-15-10-3-4-11(12(7-10)16-2)13(14)9-5-6-17-8-9/h3-8H,1-2H3. The first-order chi connectivity index (χ1) is 8.26. The number of hydrogen-bond donors (Lipinski definition) is 0. The van der Waals surface area contributed by atoms with Crippen LogP contribution in [0.25, 0.3) is 0 Å². The quantitative estimate of drug-likeness (QED) is 0.760. The fourth-order valence-corrected chi connectivity index (χ4v) is 1.54. The Morgan fingerprint density at radius 2 is 2.00 bits per heavy atom. The number of rotatable bonds is 4. The average Bonchev–Trinajstić information content (AvgIpc) is 2.91. The third-order valence-electron chi connectivity index (χ3n) is 2.44. The van der Waals surface area contributed by atoms with Gasteiger partial charge in [-0.2, -0.15) is 0 Å². The normalized spacial score (nSPS) is 10.0. The van der Waals surface area contributed by atoms with Gasteiger partial charge >= 0.3 is 0 Å². The summed E-state index contributed by atoms with van der Waals surface area (Å²) in [6, 6.07) is 6.68. The van der Waals surface area contributed by atoms with E-state index in [1.165, 1.54) is 19.6 Å². The number of carbonyl (C=O) groups is 1. The van der Waals surface area contributed by atoms with Crippen LogP contribution in [0, 0.1) is 0 Å². The minimum absolute atomic E-state index is 0.141. The van der Waals surface area contributed by atoms with E-state index >= 15 is 0 Å². The summed E-state index contributed by atoms with van der Waals surface area (Å²) >= 11 is 0. The van der Waals surface area contributed by atoms with Crippen LogP contribution >= 0.6 is 0 Å². The summed E-state index contributed by atoms with van der Waals surface area (Å²) < 4.78 is 15.1. The van der Waals surface area contributed by atoms with Gasteiger partial charge in [-0.3, -0.25) is 4.79 Å². The maximum Gasteiger partial charge on any atom is 0.199 e. The Balaban J connectivity index is 2.41. The molecule has 0 saturated carbocycles. The van der Waals surface area contributed by atoms with Gasteiger partial charge in [0, 0.05) is 6.07 Å².